The summed E-state index contributed by atoms with van der Waals surface area (Å²) in [6.07, 6.45) is 0.0343. The van der Waals surface area contributed by atoms with E-state index in [0.29, 0.717) is 18.4 Å². The number of nitrogens with zero attached hydrogens (tertiary/aromatic N) is 1. The molecule has 12 nitrogen and oxygen atoms in total. The lowest BCUT2D eigenvalue weighted by molar-refractivity contribution is -0.144. The van der Waals surface area contributed by atoms with E-state index in [1.54, 1.807) is 6.20 Å². The Morgan fingerprint density at radius 1 is 1.14 bits per heavy atom. The molecule has 1 aliphatic heterocycles. The highest BCUT2D eigenvalue weighted by atomic mass is 16.4. The largest absolute Gasteiger partial charge is 0.480 e. The Morgan fingerprint density at radius 2 is 1.83 bits per heavy atom. The molecule has 0 aliphatic carbocycles. The van der Waals surface area contributed by atoms with Crippen LogP contribution in [0.15, 0.2) is 30.5 Å². The molecule has 1 fully saturated rings. The predicted octanol–water partition coefficient (Wildman–Crippen LogP) is -1.16. The zero-order chi connectivity index (χ0) is 26.6. The summed E-state index contributed by atoms with van der Waals surface area (Å²) in [7, 11) is 0. The molecule has 6 unspecified atom stereocenters. The number of carbonyl (C=O) groups is 4. The van der Waals surface area contributed by atoms with Gasteiger partial charge in [-0.2, -0.15) is 0 Å². The van der Waals surface area contributed by atoms with Crippen molar-refractivity contribution in [1.29, 1.82) is 0 Å². The zero-order valence-electron chi connectivity index (χ0n) is 20.2. The van der Waals surface area contributed by atoms with Crippen LogP contribution in [0.1, 0.15) is 32.3 Å². The van der Waals surface area contributed by atoms with E-state index < -0.39 is 60.1 Å². The maximum absolute atomic E-state index is 13.0. The number of H-pyrrole nitrogens is 1. The second-order valence-electron chi connectivity index (χ2n) is 9.15. The van der Waals surface area contributed by atoms with Gasteiger partial charge in [0.15, 0.2) is 0 Å². The maximum Gasteiger partial charge on any atom is 0.326 e. The molecule has 0 saturated carbocycles. The SMILES string of the molecule is CC(O)C(N)C(=O)N1CCCC1C(=O)NC(C(=O)NC(Cc1c[nH]c2ccccc12)C(=O)O)C(C)O. The number of likely N-dealkylation sites (tertiary alicyclic amines) is 1. The Balaban J connectivity index is 1.70. The Labute approximate surface area is 207 Å². The van der Waals surface area contributed by atoms with Crippen molar-refractivity contribution >= 4 is 34.6 Å². The molecule has 6 atom stereocenters. The molecule has 36 heavy (non-hydrogen) atoms. The number of carbonyl (C=O) groups excluding carboxylic acids is 3. The molecule has 0 radical (unpaired) electrons. The lowest BCUT2D eigenvalue weighted by atomic mass is 10.0. The minimum Gasteiger partial charge on any atom is -0.480 e. The van der Waals surface area contributed by atoms with Gasteiger partial charge in [-0.05, 0) is 38.3 Å². The van der Waals surface area contributed by atoms with Gasteiger partial charge in [-0.15, -0.1) is 0 Å². The van der Waals surface area contributed by atoms with Crippen molar-refractivity contribution in [2.75, 3.05) is 6.54 Å². The van der Waals surface area contributed by atoms with E-state index in [9.17, 15) is 34.5 Å². The van der Waals surface area contributed by atoms with Crippen LogP contribution in [-0.4, -0.2) is 91.8 Å². The lowest BCUT2D eigenvalue weighted by Gasteiger charge is -2.30. The quantitative estimate of drug-likeness (QED) is 0.211. The Kier molecular flexibility index (Phi) is 8.66. The smallest absolute Gasteiger partial charge is 0.326 e. The third-order valence-electron chi connectivity index (χ3n) is 6.42. The highest BCUT2D eigenvalue weighted by molar-refractivity contribution is 5.95. The second-order valence-corrected chi connectivity index (χ2v) is 9.15. The molecule has 0 bridgehead atoms. The zero-order valence-corrected chi connectivity index (χ0v) is 20.2. The van der Waals surface area contributed by atoms with Gasteiger partial charge >= 0.3 is 5.97 Å². The Bertz CT molecular complexity index is 1120. The number of aliphatic hydroxyl groups excluding tert-OH is 2. The normalized spacial score (nSPS) is 19.8. The molecule has 3 rings (SSSR count). The monoisotopic (exact) mass is 503 g/mol. The molecule has 8 N–H and O–H groups in total. The first-order chi connectivity index (χ1) is 17.0. The molecular formula is C24H33N5O7. The molecular weight excluding hydrogens is 470 g/mol. The summed E-state index contributed by atoms with van der Waals surface area (Å²) in [5, 5.41) is 35.2. The highest BCUT2D eigenvalue weighted by Crippen LogP contribution is 2.20. The number of aliphatic carboxylic acids is 1. The second kappa shape index (κ2) is 11.5. The molecule has 12 heteroatoms. The van der Waals surface area contributed by atoms with Crippen molar-refractivity contribution in [2.45, 2.75) is 69.5 Å². The number of aliphatic hydroxyl groups is 2. The number of hydrogen-bond acceptors (Lipinski definition) is 7. The predicted molar refractivity (Wildman–Crippen MR) is 130 cm³/mol. The summed E-state index contributed by atoms with van der Waals surface area (Å²) in [6, 6.07) is 2.43. The van der Waals surface area contributed by atoms with Crippen LogP contribution in [0.25, 0.3) is 10.9 Å². The van der Waals surface area contributed by atoms with Gasteiger partial charge in [0, 0.05) is 30.1 Å². The van der Waals surface area contributed by atoms with Crippen LogP contribution in [-0.2, 0) is 25.6 Å². The van der Waals surface area contributed by atoms with Gasteiger partial charge in [0.1, 0.15) is 24.2 Å². The third kappa shape index (κ3) is 6.01. The fraction of sp³-hybridized carbons (Fsp3) is 0.500. The first kappa shape index (κ1) is 27.1. The third-order valence-corrected chi connectivity index (χ3v) is 6.42. The van der Waals surface area contributed by atoms with Crippen molar-refractivity contribution < 1.29 is 34.5 Å². The van der Waals surface area contributed by atoms with Crippen molar-refractivity contribution in [2.24, 2.45) is 5.73 Å². The minimum absolute atomic E-state index is 0.0201. The van der Waals surface area contributed by atoms with E-state index in [4.69, 9.17) is 5.73 Å². The van der Waals surface area contributed by atoms with Gasteiger partial charge in [-0.1, -0.05) is 18.2 Å². The van der Waals surface area contributed by atoms with Gasteiger partial charge in [0.25, 0.3) is 0 Å². The number of para-hydroxylation sites is 1. The molecule has 3 amide bonds. The minimum atomic E-state index is -1.45. The molecule has 2 aromatic rings. The van der Waals surface area contributed by atoms with Crippen LogP contribution in [0, 0.1) is 0 Å². The van der Waals surface area contributed by atoms with Crippen LogP contribution >= 0.6 is 0 Å². The number of nitrogens with one attached hydrogen (secondary N) is 3. The van der Waals surface area contributed by atoms with Crippen molar-refractivity contribution in [3.8, 4) is 0 Å². The number of carboxylic acids is 1. The number of nitrogens with two attached hydrogens (primary N) is 1. The van der Waals surface area contributed by atoms with Crippen molar-refractivity contribution in [3.63, 3.8) is 0 Å². The average Bonchev–Trinajstić information content (AvgIpc) is 3.48. The van der Waals surface area contributed by atoms with Gasteiger partial charge in [0.2, 0.25) is 17.7 Å². The van der Waals surface area contributed by atoms with Gasteiger partial charge < -0.3 is 41.6 Å². The van der Waals surface area contributed by atoms with Gasteiger partial charge in [0.05, 0.1) is 12.2 Å². The summed E-state index contributed by atoms with van der Waals surface area (Å²) >= 11 is 0. The maximum atomic E-state index is 13.0. The molecule has 1 saturated heterocycles. The van der Waals surface area contributed by atoms with E-state index in [2.05, 4.69) is 15.6 Å². The number of aromatic nitrogens is 1. The van der Waals surface area contributed by atoms with E-state index in [0.717, 1.165) is 10.9 Å². The summed E-state index contributed by atoms with van der Waals surface area (Å²) in [5.41, 5.74) is 7.25. The molecule has 196 valence electrons. The number of rotatable bonds is 10. The summed E-state index contributed by atoms with van der Waals surface area (Å²) < 4.78 is 0. The van der Waals surface area contributed by atoms with E-state index in [-0.39, 0.29) is 13.0 Å². The van der Waals surface area contributed by atoms with Crippen LogP contribution in [0.3, 0.4) is 0 Å². The summed E-state index contributed by atoms with van der Waals surface area (Å²) in [4.78, 5) is 54.7. The van der Waals surface area contributed by atoms with Gasteiger partial charge in [-0.25, -0.2) is 4.79 Å². The average molecular weight is 504 g/mol. The number of hydrogen-bond donors (Lipinski definition) is 7. The van der Waals surface area contributed by atoms with E-state index >= 15 is 0 Å². The van der Waals surface area contributed by atoms with Crippen molar-refractivity contribution in [1.82, 2.24) is 20.5 Å². The van der Waals surface area contributed by atoms with Crippen LogP contribution < -0.4 is 16.4 Å². The number of carboxylic acid groups (broad SMARTS) is 1. The standard InChI is InChI=1S/C24H33N5O7/c1-12(30)19(25)23(34)29-9-5-8-18(29)21(32)28-20(13(2)31)22(33)27-17(24(35)36)10-14-11-26-16-7-4-3-6-15(14)16/h3-4,6-7,11-13,17-20,26,30-31H,5,8-10,25H2,1-2H3,(H,27,33)(H,28,32)(H,35,36). The topological polar surface area (TPSA) is 198 Å². The van der Waals surface area contributed by atoms with Crippen LogP contribution in [0.5, 0.6) is 0 Å². The molecule has 1 aromatic carbocycles. The molecule has 0 spiro atoms. The summed E-state index contributed by atoms with van der Waals surface area (Å²) in [5.74, 6) is -3.42. The molecule has 2 heterocycles. The van der Waals surface area contributed by atoms with E-state index in [1.165, 1.54) is 18.7 Å². The van der Waals surface area contributed by atoms with Gasteiger partial charge in [-0.3, -0.25) is 14.4 Å². The lowest BCUT2D eigenvalue weighted by Crippen LogP contribution is -2.60. The number of aromatic amines is 1. The number of fused-ring (bicyclic) bond motifs is 1. The fourth-order valence-electron chi connectivity index (χ4n) is 4.34. The number of benzene rings is 1. The highest BCUT2D eigenvalue weighted by Gasteiger charge is 2.39. The fourth-order valence-corrected chi connectivity index (χ4v) is 4.34. The van der Waals surface area contributed by atoms with Crippen LogP contribution in [0.4, 0.5) is 0 Å². The number of amides is 3. The van der Waals surface area contributed by atoms with Crippen molar-refractivity contribution in [3.05, 3.63) is 36.0 Å². The molecule has 1 aliphatic rings. The Morgan fingerprint density at radius 3 is 2.47 bits per heavy atom. The van der Waals surface area contributed by atoms with Crippen LogP contribution in [0.2, 0.25) is 0 Å². The Hall–Kier alpha value is -3.48. The summed E-state index contributed by atoms with van der Waals surface area (Å²) in [6.45, 7) is 2.92. The van der Waals surface area contributed by atoms with E-state index in [1.807, 2.05) is 24.3 Å². The molecule has 1 aromatic heterocycles. The first-order valence-electron chi connectivity index (χ1n) is 11.8. The first-order valence-corrected chi connectivity index (χ1v) is 11.8.